The van der Waals surface area contributed by atoms with Crippen LogP contribution in [0.15, 0.2) is 53.3 Å². The topological polar surface area (TPSA) is 38.1 Å². The molecule has 0 saturated heterocycles. The molecule has 1 aliphatic carbocycles. The fraction of sp³-hybridized carbons (Fsp3) is 0.235. The lowest BCUT2D eigenvalue weighted by Crippen LogP contribution is -2.15. The number of rotatable bonds is 4. The summed E-state index contributed by atoms with van der Waals surface area (Å²) in [7, 11) is 0. The molecule has 0 aliphatic heterocycles. The van der Waals surface area contributed by atoms with Gasteiger partial charge >= 0.3 is 0 Å². The van der Waals surface area contributed by atoms with Gasteiger partial charge in [0.15, 0.2) is 12.2 Å². The molecular weight excluding hydrogens is 248 g/mol. The predicted molar refractivity (Wildman–Crippen MR) is 79.3 cm³/mol. The second kappa shape index (κ2) is 4.76. The third-order valence-electron chi connectivity index (χ3n) is 3.79. The average molecular weight is 264 g/mol. The van der Waals surface area contributed by atoms with E-state index in [0.29, 0.717) is 6.04 Å². The number of oxazole rings is 1. The highest BCUT2D eigenvalue weighted by Gasteiger charge is 2.21. The maximum absolute atomic E-state index is 5.60. The number of fused-ring (bicyclic) bond motifs is 1. The molecule has 3 nitrogen and oxygen atoms in total. The molecule has 0 atom stereocenters. The van der Waals surface area contributed by atoms with Crippen LogP contribution >= 0.6 is 0 Å². The van der Waals surface area contributed by atoms with Crippen molar-refractivity contribution in [2.24, 2.45) is 0 Å². The zero-order valence-electron chi connectivity index (χ0n) is 11.2. The highest BCUT2D eigenvalue weighted by atomic mass is 16.3. The largest absolute Gasteiger partial charge is 0.443 e. The van der Waals surface area contributed by atoms with Crippen molar-refractivity contribution in [2.75, 3.05) is 0 Å². The summed E-state index contributed by atoms with van der Waals surface area (Å²) >= 11 is 0. The zero-order chi connectivity index (χ0) is 13.4. The van der Waals surface area contributed by atoms with Crippen LogP contribution in [0.2, 0.25) is 0 Å². The Morgan fingerprint density at radius 1 is 1.10 bits per heavy atom. The molecule has 0 unspecified atom stereocenters. The Kier molecular flexibility index (Phi) is 2.78. The van der Waals surface area contributed by atoms with Crippen molar-refractivity contribution in [2.45, 2.75) is 25.4 Å². The van der Waals surface area contributed by atoms with Gasteiger partial charge in [0.05, 0.1) is 0 Å². The normalized spacial score (nSPS) is 14.8. The van der Waals surface area contributed by atoms with Crippen molar-refractivity contribution < 1.29 is 4.42 Å². The minimum Gasteiger partial charge on any atom is -0.443 e. The molecule has 1 aliphatic rings. The van der Waals surface area contributed by atoms with E-state index in [1.54, 1.807) is 0 Å². The van der Waals surface area contributed by atoms with Crippen LogP contribution in [0.4, 0.5) is 0 Å². The highest BCUT2D eigenvalue weighted by Crippen LogP contribution is 2.27. The molecular formula is C17H16N2O. The molecule has 1 aromatic heterocycles. The third-order valence-corrected chi connectivity index (χ3v) is 3.79. The summed E-state index contributed by atoms with van der Waals surface area (Å²) in [5, 5.41) is 5.95. The van der Waals surface area contributed by atoms with Gasteiger partial charge in [0.2, 0.25) is 0 Å². The minimum atomic E-state index is 0.677. The lowest BCUT2D eigenvalue weighted by Gasteiger charge is -2.04. The predicted octanol–water partition coefficient (Wildman–Crippen LogP) is 3.75. The van der Waals surface area contributed by atoms with Gasteiger partial charge in [-0.3, -0.25) is 0 Å². The highest BCUT2D eigenvalue weighted by molar-refractivity contribution is 5.86. The van der Waals surface area contributed by atoms with Gasteiger partial charge in [0, 0.05) is 18.2 Å². The van der Waals surface area contributed by atoms with Crippen molar-refractivity contribution in [3.8, 4) is 11.3 Å². The van der Waals surface area contributed by atoms with Crippen LogP contribution in [-0.4, -0.2) is 11.0 Å². The molecule has 0 spiro atoms. The molecule has 3 heteroatoms. The summed E-state index contributed by atoms with van der Waals surface area (Å²) in [5.41, 5.74) is 2.08. The molecule has 2 aromatic carbocycles. The Hall–Kier alpha value is -2.13. The third kappa shape index (κ3) is 2.21. The van der Waals surface area contributed by atoms with E-state index in [-0.39, 0.29) is 0 Å². The molecule has 100 valence electrons. The van der Waals surface area contributed by atoms with Crippen LogP contribution in [0.25, 0.3) is 22.1 Å². The number of aromatic nitrogens is 1. The molecule has 0 bridgehead atoms. The Morgan fingerprint density at radius 2 is 1.95 bits per heavy atom. The summed E-state index contributed by atoms with van der Waals surface area (Å²) in [6, 6.07) is 15.4. The van der Waals surface area contributed by atoms with Gasteiger partial charge in [-0.2, -0.15) is 0 Å². The number of hydrogen-bond acceptors (Lipinski definition) is 3. The Labute approximate surface area is 117 Å². The van der Waals surface area contributed by atoms with Crippen molar-refractivity contribution in [1.82, 2.24) is 10.3 Å². The molecule has 1 N–H and O–H groups in total. The standard InChI is InChI=1S/C17H16N2O/c1-2-4-13-9-14(6-5-12(13)3-1)17-16(19-11-20-17)10-18-15-7-8-15/h1-6,9,11,15,18H,7-8,10H2. The van der Waals surface area contributed by atoms with Gasteiger partial charge in [0.1, 0.15) is 5.69 Å². The fourth-order valence-corrected chi connectivity index (χ4v) is 2.49. The zero-order valence-corrected chi connectivity index (χ0v) is 11.2. The maximum atomic E-state index is 5.60. The summed E-state index contributed by atoms with van der Waals surface area (Å²) in [6.07, 6.45) is 4.10. The van der Waals surface area contributed by atoms with E-state index in [4.69, 9.17) is 4.42 Å². The SMILES string of the molecule is c1ccc2cc(-c3ocnc3CNC3CC3)ccc2c1. The Morgan fingerprint density at radius 3 is 2.80 bits per heavy atom. The van der Waals surface area contributed by atoms with Crippen LogP contribution in [0.5, 0.6) is 0 Å². The molecule has 1 saturated carbocycles. The van der Waals surface area contributed by atoms with Crippen molar-refractivity contribution in [3.63, 3.8) is 0 Å². The van der Waals surface area contributed by atoms with E-state index >= 15 is 0 Å². The van der Waals surface area contributed by atoms with Gasteiger partial charge in [-0.05, 0) is 29.7 Å². The van der Waals surface area contributed by atoms with E-state index in [2.05, 4.69) is 52.8 Å². The van der Waals surface area contributed by atoms with E-state index < -0.39 is 0 Å². The molecule has 0 amide bonds. The van der Waals surface area contributed by atoms with E-state index in [9.17, 15) is 0 Å². The Balaban J connectivity index is 1.69. The number of nitrogens with zero attached hydrogens (tertiary/aromatic N) is 1. The maximum Gasteiger partial charge on any atom is 0.181 e. The number of nitrogens with one attached hydrogen (secondary N) is 1. The van der Waals surface area contributed by atoms with Crippen molar-refractivity contribution in [1.29, 1.82) is 0 Å². The monoisotopic (exact) mass is 264 g/mol. The van der Waals surface area contributed by atoms with Crippen LogP contribution in [0.1, 0.15) is 18.5 Å². The first-order chi connectivity index (χ1) is 9.90. The van der Waals surface area contributed by atoms with Gasteiger partial charge in [-0.25, -0.2) is 4.98 Å². The van der Waals surface area contributed by atoms with Gasteiger partial charge in [0.25, 0.3) is 0 Å². The summed E-state index contributed by atoms with van der Waals surface area (Å²) in [4.78, 5) is 4.34. The van der Waals surface area contributed by atoms with Gasteiger partial charge < -0.3 is 9.73 Å². The quantitative estimate of drug-likeness (QED) is 0.780. The molecule has 1 fully saturated rings. The van der Waals surface area contributed by atoms with Crippen molar-refractivity contribution in [3.05, 3.63) is 54.6 Å². The van der Waals surface area contributed by atoms with Crippen LogP contribution in [0.3, 0.4) is 0 Å². The fourth-order valence-electron chi connectivity index (χ4n) is 2.49. The Bertz CT molecular complexity index is 743. The van der Waals surface area contributed by atoms with Gasteiger partial charge in [-0.15, -0.1) is 0 Å². The van der Waals surface area contributed by atoms with E-state index in [1.807, 2.05) is 0 Å². The summed E-state index contributed by atoms with van der Waals surface area (Å²) in [5.74, 6) is 0.879. The van der Waals surface area contributed by atoms with Crippen LogP contribution in [0, 0.1) is 0 Å². The van der Waals surface area contributed by atoms with E-state index in [1.165, 1.54) is 30.0 Å². The lowest BCUT2D eigenvalue weighted by atomic mass is 10.0. The van der Waals surface area contributed by atoms with E-state index in [0.717, 1.165) is 23.6 Å². The first-order valence-electron chi connectivity index (χ1n) is 7.05. The molecule has 1 heterocycles. The van der Waals surface area contributed by atoms with Crippen LogP contribution < -0.4 is 5.32 Å². The summed E-state index contributed by atoms with van der Waals surface area (Å²) in [6.45, 7) is 0.781. The smallest absolute Gasteiger partial charge is 0.181 e. The first kappa shape index (κ1) is 11.7. The number of hydrogen-bond donors (Lipinski definition) is 1. The minimum absolute atomic E-state index is 0.677. The summed E-state index contributed by atoms with van der Waals surface area (Å²) < 4.78 is 5.60. The lowest BCUT2D eigenvalue weighted by molar-refractivity contribution is 0.569. The van der Waals surface area contributed by atoms with Gasteiger partial charge in [-0.1, -0.05) is 36.4 Å². The molecule has 0 radical (unpaired) electrons. The molecule has 4 rings (SSSR count). The molecule has 3 aromatic rings. The second-order valence-electron chi connectivity index (χ2n) is 5.35. The number of benzene rings is 2. The molecule has 20 heavy (non-hydrogen) atoms. The van der Waals surface area contributed by atoms with Crippen LogP contribution in [-0.2, 0) is 6.54 Å². The second-order valence-corrected chi connectivity index (χ2v) is 5.35. The average Bonchev–Trinajstić information content (AvgIpc) is 3.21. The van der Waals surface area contributed by atoms with Crippen molar-refractivity contribution >= 4 is 10.8 Å². The first-order valence-corrected chi connectivity index (χ1v) is 7.05.